The molecule has 0 unspecified atom stereocenters. The number of aromatic amines is 1. The molecule has 3 aromatic rings. The predicted molar refractivity (Wildman–Crippen MR) is 109 cm³/mol. The molecular weight excluding hydrogens is 381 g/mol. The van der Waals surface area contributed by atoms with Gasteiger partial charge in [0, 0.05) is 18.1 Å². The van der Waals surface area contributed by atoms with Gasteiger partial charge in [-0.05, 0) is 65.3 Å². The molecule has 0 fully saturated rings. The fraction of sp³-hybridized carbons (Fsp3) is 0.261. The summed E-state index contributed by atoms with van der Waals surface area (Å²) >= 11 is 0. The highest BCUT2D eigenvalue weighted by Crippen LogP contribution is 2.63. The Kier molecular flexibility index (Phi) is 3.63. The Morgan fingerprint density at radius 2 is 1.97 bits per heavy atom. The Labute approximate surface area is 173 Å². The van der Waals surface area contributed by atoms with Crippen LogP contribution in [0.25, 0.3) is 11.1 Å². The summed E-state index contributed by atoms with van der Waals surface area (Å²) in [4.78, 5) is 4.05. The number of rotatable bonds is 1. The summed E-state index contributed by atoms with van der Waals surface area (Å²) in [6.45, 7) is 5.94. The van der Waals surface area contributed by atoms with Gasteiger partial charge in [-0.15, -0.1) is 5.10 Å². The lowest BCUT2D eigenvalue weighted by molar-refractivity contribution is 0.235. The number of fused-ring (bicyclic) bond motifs is 4. The van der Waals surface area contributed by atoms with Gasteiger partial charge in [-0.3, -0.25) is 10.1 Å². The topological polar surface area (TPSA) is 101 Å². The zero-order chi connectivity index (χ0) is 21.3. The maximum Gasteiger partial charge on any atom is 0.244 e. The van der Waals surface area contributed by atoms with E-state index in [1.54, 1.807) is 18.5 Å². The van der Waals surface area contributed by atoms with Crippen molar-refractivity contribution in [2.45, 2.75) is 32.6 Å². The molecule has 1 aromatic carbocycles. The van der Waals surface area contributed by atoms with E-state index in [4.69, 9.17) is 10.5 Å². The molecule has 7 heteroatoms. The highest BCUT2D eigenvalue weighted by Gasteiger charge is 2.62. The van der Waals surface area contributed by atoms with E-state index < -0.39 is 10.8 Å². The molecule has 0 amide bonds. The van der Waals surface area contributed by atoms with E-state index >= 15 is 4.39 Å². The molecule has 1 atom stereocenters. The molecule has 0 radical (unpaired) electrons. The fourth-order valence-corrected chi connectivity index (χ4v) is 5.27. The number of hydrogen-bond donors (Lipinski definition) is 2. The van der Waals surface area contributed by atoms with Crippen molar-refractivity contribution >= 4 is 0 Å². The number of nitriles is 1. The van der Waals surface area contributed by atoms with E-state index in [-0.39, 0.29) is 17.3 Å². The molecule has 0 saturated heterocycles. The van der Waals surface area contributed by atoms with Crippen LogP contribution in [0.2, 0.25) is 0 Å². The Bertz CT molecular complexity index is 1270. The third-order valence-corrected chi connectivity index (χ3v) is 6.48. The number of benzene rings is 1. The number of hydrogen-bond acceptors (Lipinski definition) is 5. The number of nitrogens with zero attached hydrogens (tertiary/aromatic N) is 3. The van der Waals surface area contributed by atoms with E-state index in [9.17, 15) is 5.26 Å². The molecule has 6 nitrogen and oxygen atoms in total. The van der Waals surface area contributed by atoms with Gasteiger partial charge < -0.3 is 10.5 Å². The first-order chi connectivity index (χ1) is 14.3. The Morgan fingerprint density at radius 1 is 1.23 bits per heavy atom. The summed E-state index contributed by atoms with van der Waals surface area (Å²) in [5.41, 5.74) is 9.36. The Morgan fingerprint density at radius 3 is 2.67 bits per heavy atom. The standard InChI is InChI=1S/C23H20FN5O/c1-12-19-21(29-28-12)30-20(26)17(11-25)23(19)16-8-14(13-4-6-27-7-5-13)9-18(24)15(16)10-22(23,2)3/h4-9H,10,26H2,1-3H3,(H,28,29)/t23-/m1/s1. The van der Waals surface area contributed by atoms with Crippen molar-refractivity contribution in [2.24, 2.45) is 11.1 Å². The summed E-state index contributed by atoms with van der Waals surface area (Å²) < 4.78 is 21.1. The predicted octanol–water partition coefficient (Wildman–Crippen LogP) is 3.87. The summed E-state index contributed by atoms with van der Waals surface area (Å²) in [5, 5.41) is 17.4. The van der Waals surface area contributed by atoms with E-state index in [1.807, 2.05) is 39.0 Å². The van der Waals surface area contributed by atoms with Crippen molar-refractivity contribution in [3.8, 4) is 23.1 Å². The average molecular weight is 401 g/mol. The second-order valence-corrected chi connectivity index (χ2v) is 8.51. The summed E-state index contributed by atoms with van der Waals surface area (Å²) in [5.74, 6) is 0.0427. The first-order valence-corrected chi connectivity index (χ1v) is 9.68. The minimum Gasteiger partial charge on any atom is -0.420 e. The van der Waals surface area contributed by atoms with Crippen molar-refractivity contribution in [3.05, 3.63) is 76.3 Å². The molecular formula is C23H20FN5O. The zero-order valence-electron chi connectivity index (χ0n) is 16.9. The molecule has 1 spiro atoms. The van der Waals surface area contributed by atoms with Crippen LogP contribution in [0.15, 0.2) is 48.1 Å². The number of H-pyrrole nitrogens is 1. The Hall–Kier alpha value is -3.66. The normalized spacial score (nSPS) is 21.2. The third kappa shape index (κ3) is 2.11. The average Bonchev–Trinajstić information content (AvgIpc) is 3.19. The molecule has 1 aliphatic heterocycles. The number of nitrogens with two attached hydrogens (primary N) is 1. The van der Waals surface area contributed by atoms with Gasteiger partial charge >= 0.3 is 0 Å². The van der Waals surface area contributed by atoms with E-state index in [1.165, 1.54) is 0 Å². The number of pyridine rings is 1. The summed E-state index contributed by atoms with van der Waals surface area (Å²) in [6.07, 6.45) is 3.80. The van der Waals surface area contributed by atoms with Crippen LogP contribution >= 0.6 is 0 Å². The van der Waals surface area contributed by atoms with Crippen LogP contribution in [0.4, 0.5) is 4.39 Å². The first kappa shape index (κ1) is 18.4. The van der Waals surface area contributed by atoms with Gasteiger partial charge in [0.2, 0.25) is 11.8 Å². The molecule has 3 heterocycles. The van der Waals surface area contributed by atoms with Crippen molar-refractivity contribution in [1.82, 2.24) is 15.2 Å². The monoisotopic (exact) mass is 401 g/mol. The largest absolute Gasteiger partial charge is 0.420 e. The zero-order valence-corrected chi connectivity index (χ0v) is 16.9. The highest BCUT2D eigenvalue weighted by molar-refractivity contribution is 5.72. The molecule has 150 valence electrons. The van der Waals surface area contributed by atoms with E-state index in [0.717, 1.165) is 27.9 Å². The van der Waals surface area contributed by atoms with Crippen LogP contribution in [-0.4, -0.2) is 15.2 Å². The number of allylic oxidation sites excluding steroid dienone is 1. The van der Waals surface area contributed by atoms with Crippen LogP contribution < -0.4 is 10.5 Å². The van der Waals surface area contributed by atoms with Crippen LogP contribution in [0.5, 0.6) is 5.88 Å². The van der Waals surface area contributed by atoms with Gasteiger partial charge in [-0.1, -0.05) is 13.8 Å². The quantitative estimate of drug-likeness (QED) is 0.645. The lowest BCUT2D eigenvalue weighted by atomic mass is 9.57. The molecule has 5 rings (SSSR count). The maximum atomic E-state index is 15.4. The van der Waals surface area contributed by atoms with Gasteiger partial charge in [-0.2, -0.15) is 5.26 Å². The SMILES string of the molecule is Cc1[nH]nc2c1[C@]1(C(C#N)=C(N)O2)c2cc(-c3ccncc3)cc(F)c2CC1(C)C. The molecule has 0 saturated carbocycles. The van der Waals surface area contributed by atoms with Gasteiger partial charge in [0.25, 0.3) is 0 Å². The smallest absolute Gasteiger partial charge is 0.244 e. The van der Waals surface area contributed by atoms with Crippen molar-refractivity contribution < 1.29 is 9.13 Å². The van der Waals surface area contributed by atoms with Crippen LogP contribution in [0.1, 0.15) is 36.2 Å². The van der Waals surface area contributed by atoms with E-state index in [2.05, 4.69) is 21.3 Å². The van der Waals surface area contributed by atoms with Crippen molar-refractivity contribution in [3.63, 3.8) is 0 Å². The van der Waals surface area contributed by atoms with Gasteiger partial charge in [0.15, 0.2) is 0 Å². The van der Waals surface area contributed by atoms with Gasteiger partial charge in [-0.25, -0.2) is 4.39 Å². The van der Waals surface area contributed by atoms with Crippen molar-refractivity contribution in [1.29, 1.82) is 5.26 Å². The molecule has 0 bridgehead atoms. The molecule has 2 aliphatic rings. The van der Waals surface area contributed by atoms with Crippen molar-refractivity contribution in [2.75, 3.05) is 0 Å². The first-order valence-electron chi connectivity index (χ1n) is 9.68. The third-order valence-electron chi connectivity index (χ3n) is 6.48. The molecule has 1 aliphatic carbocycles. The number of aryl methyl sites for hydroxylation is 1. The molecule has 2 aromatic heterocycles. The lowest BCUT2D eigenvalue weighted by Crippen LogP contribution is -2.45. The number of nitrogens with one attached hydrogen (secondary N) is 1. The summed E-state index contributed by atoms with van der Waals surface area (Å²) in [7, 11) is 0. The molecule has 30 heavy (non-hydrogen) atoms. The minimum absolute atomic E-state index is 0.00662. The number of aromatic nitrogens is 3. The Balaban J connectivity index is 1.92. The molecule has 3 N–H and O–H groups in total. The van der Waals surface area contributed by atoms with E-state index in [0.29, 0.717) is 17.9 Å². The summed E-state index contributed by atoms with van der Waals surface area (Å²) in [6, 6.07) is 9.46. The number of halogens is 1. The fourth-order valence-electron chi connectivity index (χ4n) is 5.27. The van der Waals surface area contributed by atoms with Gasteiger partial charge in [0.1, 0.15) is 17.5 Å². The number of ether oxygens (including phenoxy) is 1. The lowest BCUT2D eigenvalue weighted by Gasteiger charge is -2.44. The van der Waals surface area contributed by atoms with Gasteiger partial charge in [0.05, 0.1) is 11.0 Å². The maximum absolute atomic E-state index is 15.4. The van der Waals surface area contributed by atoms with Crippen LogP contribution in [-0.2, 0) is 11.8 Å². The van der Waals surface area contributed by atoms with Crippen LogP contribution in [0, 0.1) is 29.5 Å². The second kappa shape index (κ2) is 5.92. The second-order valence-electron chi connectivity index (χ2n) is 8.51. The van der Waals surface area contributed by atoms with Crippen LogP contribution in [0.3, 0.4) is 0 Å². The highest BCUT2D eigenvalue weighted by atomic mass is 19.1. The minimum atomic E-state index is -0.976.